The molecule has 0 radical (unpaired) electrons. The molecule has 0 saturated carbocycles. The van der Waals surface area contributed by atoms with Gasteiger partial charge in [-0.15, -0.1) is 0 Å². The summed E-state index contributed by atoms with van der Waals surface area (Å²) in [4.78, 5) is 42.5. The van der Waals surface area contributed by atoms with Crippen molar-refractivity contribution < 1.29 is 22.4 Å². The number of furan rings is 1. The molecule has 0 aliphatic rings. The van der Waals surface area contributed by atoms with Gasteiger partial charge in [-0.05, 0) is 36.4 Å². The number of rotatable bonds is 5. The van der Waals surface area contributed by atoms with Crippen LogP contribution in [-0.2, 0) is 24.1 Å². The number of alkyl halides is 3. The molecule has 32 heavy (non-hydrogen) atoms. The van der Waals surface area contributed by atoms with Gasteiger partial charge in [0.2, 0.25) is 5.91 Å². The minimum absolute atomic E-state index is 0.0579. The number of nitrogens with one attached hydrogen (secondary N) is 1. The maximum atomic E-state index is 13.2. The van der Waals surface area contributed by atoms with Crippen LogP contribution >= 0.6 is 0 Å². The molecule has 3 aromatic heterocycles. The maximum absolute atomic E-state index is 13.2. The molecule has 11 heteroatoms. The Bertz CT molecular complexity index is 1410. The topological polar surface area (TPSA) is 99.1 Å². The van der Waals surface area contributed by atoms with Crippen LogP contribution < -0.4 is 16.6 Å². The van der Waals surface area contributed by atoms with Crippen molar-refractivity contribution in [2.24, 2.45) is 0 Å². The SMILES string of the molecule is O=C(Cn1c(=O)n(Cc2ccco2)c(=O)c2cccnc21)Nc1ccccc1C(F)(F)F. The van der Waals surface area contributed by atoms with Crippen LogP contribution in [0.15, 0.2) is 75.0 Å². The Kier molecular flexibility index (Phi) is 5.39. The molecular weight excluding hydrogens is 429 g/mol. The lowest BCUT2D eigenvalue weighted by Crippen LogP contribution is -2.42. The molecule has 1 aromatic carbocycles. The summed E-state index contributed by atoms with van der Waals surface area (Å²) in [6.45, 7) is -0.842. The quantitative estimate of drug-likeness (QED) is 0.510. The summed E-state index contributed by atoms with van der Waals surface area (Å²) in [5.41, 5.74) is -3.01. The molecule has 0 aliphatic heterocycles. The number of carbonyl (C=O) groups is 1. The van der Waals surface area contributed by atoms with Crippen molar-refractivity contribution in [1.82, 2.24) is 14.1 Å². The third-order valence-corrected chi connectivity index (χ3v) is 4.68. The summed E-state index contributed by atoms with van der Waals surface area (Å²) in [7, 11) is 0. The molecule has 1 amide bonds. The normalized spacial score (nSPS) is 11.6. The van der Waals surface area contributed by atoms with E-state index in [1.54, 1.807) is 12.1 Å². The average Bonchev–Trinajstić information content (AvgIpc) is 3.27. The number of para-hydroxylation sites is 1. The highest BCUT2D eigenvalue weighted by molar-refractivity contribution is 5.92. The summed E-state index contributed by atoms with van der Waals surface area (Å²) in [5, 5.41) is 2.26. The fourth-order valence-corrected chi connectivity index (χ4v) is 3.26. The standard InChI is InChI=1S/C21H15F3N4O4/c22-21(23,24)15-7-1-2-8-16(15)26-17(29)12-27-18-14(6-3-9-25-18)19(30)28(20(27)31)11-13-5-4-10-32-13/h1-10H,11-12H2,(H,26,29). The Morgan fingerprint density at radius 1 is 1.03 bits per heavy atom. The third-order valence-electron chi connectivity index (χ3n) is 4.68. The molecule has 0 fully saturated rings. The molecule has 8 nitrogen and oxygen atoms in total. The summed E-state index contributed by atoms with van der Waals surface area (Å²) < 4.78 is 46.6. The van der Waals surface area contributed by atoms with E-state index in [0.717, 1.165) is 21.3 Å². The second-order valence-electron chi connectivity index (χ2n) is 6.81. The zero-order valence-electron chi connectivity index (χ0n) is 16.3. The molecule has 1 N–H and O–H groups in total. The Hall–Kier alpha value is -4.15. The number of halogens is 3. The van der Waals surface area contributed by atoms with E-state index in [-0.39, 0.29) is 17.6 Å². The van der Waals surface area contributed by atoms with E-state index >= 15 is 0 Å². The van der Waals surface area contributed by atoms with E-state index in [2.05, 4.69) is 10.3 Å². The molecule has 0 aliphatic carbocycles. The Labute approximate surface area is 177 Å². The number of nitrogens with zero attached hydrogens (tertiary/aromatic N) is 3. The molecule has 0 saturated heterocycles. The van der Waals surface area contributed by atoms with E-state index in [4.69, 9.17) is 4.42 Å². The smallest absolute Gasteiger partial charge is 0.418 e. The second kappa shape index (κ2) is 8.17. The van der Waals surface area contributed by atoms with Crippen LogP contribution in [0.4, 0.5) is 18.9 Å². The van der Waals surface area contributed by atoms with Crippen LogP contribution in [0.2, 0.25) is 0 Å². The highest BCUT2D eigenvalue weighted by Gasteiger charge is 2.33. The first-order chi connectivity index (χ1) is 15.3. The zero-order chi connectivity index (χ0) is 22.9. The number of amides is 1. The second-order valence-corrected chi connectivity index (χ2v) is 6.81. The summed E-state index contributed by atoms with van der Waals surface area (Å²) in [6.07, 6.45) is -1.95. The summed E-state index contributed by atoms with van der Waals surface area (Å²) in [6, 6.07) is 10.6. The Morgan fingerprint density at radius 3 is 2.53 bits per heavy atom. The predicted molar refractivity (Wildman–Crippen MR) is 108 cm³/mol. The molecule has 0 atom stereocenters. The highest BCUT2D eigenvalue weighted by Crippen LogP contribution is 2.34. The number of pyridine rings is 1. The number of hydrogen-bond donors (Lipinski definition) is 1. The van der Waals surface area contributed by atoms with Gasteiger partial charge in [0.05, 0.1) is 29.4 Å². The number of hydrogen-bond acceptors (Lipinski definition) is 5. The monoisotopic (exact) mass is 444 g/mol. The first kappa shape index (κ1) is 21.1. The van der Waals surface area contributed by atoms with Gasteiger partial charge in [-0.1, -0.05) is 12.1 Å². The largest absolute Gasteiger partial charge is 0.467 e. The fourth-order valence-electron chi connectivity index (χ4n) is 3.26. The molecule has 0 bridgehead atoms. The van der Waals surface area contributed by atoms with Crippen LogP contribution in [0.1, 0.15) is 11.3 Å². The lowest BCUT2D eigenvalue weighted by Gasteiger charge is -2.15. The van der Waals surface area contributed by atoms with Gasteiger partial charge in [0.15, 0.2) is 0 Å². The van der Waals surface area contributed by atoms with Gasteiger partial charge in [-0.2, -0.15) is 13.2 Å². The average molecular weight is 444 g/mol. The van der Waals surface area contributed by atoms with Gasteiger partial charge in [-0.25, -0.2) is 9.78 Å². The van der Waals surface area contributed by atoms with Crippen molar-refractivity contribution in [3.63, 3.8) is 0 Å². The van der Waals surface area contributed by atoms with E-state index in [1.165, 1.54) is 36.7 Å². The van der Waals surface area contributed by atoms with Crippen molar-refractivity contribution in [3.8, 4) is 0 Å². The lowest BCUT2D eigenvalue weighted by atomic mass is 10.1. The Morgan fingerprint density at radius 2 is 1.81 bits per heavy atom. The fraction of sp³-hybridized carbons (Fsp3) is 0.143. The molecule has 3 heterocycles. The van der Waals surface area contributed by atoms with Gasteiger partial charge in [0.25, 0.3) is 5.56 Å². The zero-order valence-corrected chi connectivity index (χ0v) is 16.3. The highest BCUT2D eigenvalue weighted by atomic mass is 19.4. The van der Waals surface area contributed by atoms with Crippen molar-refractivity contribution in [2.75, 3.05) is 5.32 Å². The van der Waals surface area contributed by atoms with Crippen LogP contribution in [-0.4, -0.2) is 20.0 Å². The van der Waals surface area contributed by atoms with Gasteiger partial charge in [-0.3, -0.25) is 18.7 Å². The van der Waals surface area contributed by atoms with E-state index in [0.29, 0.717) is 5.76 Å². The minimum atomic E-state index is -4.68. The Balaban J connectivity index is 1.74. The number of anilines is 1. The van der Waals surface area contributed by atoms with E-state index in [9.17, 15) is 27.6 Å². The van der Waals surface area contributed by atoms with Crippen LogP contribution in [0.3, 0.4) is 0 Å². The predicted octanol–water partition coefficient (Wildman–Crippen LogP) is 2.86. The van der Waals surface area contributed by atoms with Gasteiger partial charge in [0.1, 0.15) is 18.0 Å². The van der Waals surface area contributed by atoms with E-state index < -0.39 is 41.1 Å². The van der Waals surface area contributed by atoms with Crippen molar-refractivity contribution >= 4 is 22.6 Å². The molecule has 4 rings (SSSR count). The molecule has 4 aromatic rings. The number of benzene rings is 1. The van der Waals surface area contributed by atoms with Crippen LogP contribution in [0.5, 0.6) is 0 Å². The van der Waals surface area contributed by atoms with Crippen molar-refractivity contribution in [2.45, 2.75) is 19.3 Å². The van der Waals surface area contributed by atoms with Gasteiger partial charge < -0.3 is 9.73 Å². The van der Waals surface area contributed by atoms with Crippen LogP contribution in [0.25, 0.3) is 11.0 Å². The third kappa shape index (κ3) is 4.04. The van der Waals surface area contributed by atoms with E-state index in [1.807, 2.05) is 0 Å². The van der Waals surface area contributed by atoms with Crippen molar-refractivity contribution in [3.05, 3.63) is 93.2 Å². The molecular formula is C21H15F3N4O4. The summed E-state index contributed by atoms with van der Waals surface area (Å²) >= 11 is 0. The van der Waals surface area contributed by atoms with Gasteiger partial charge >= 0.3 is 11.9 Å². The molecule has 164 valence electrons. The lowest BCUT2D eigenvalue weighted by molar-refractivity contribution is -0.137. The maximum Gasteiger partial charge on any atom is 0.418 e. The molecule has 0 spiro atoms. The van der Waals surface area contributed by atoms with Crippen molar-refractivity contribution in [1.29, 1.82) is 0 Å². The minimum Gasteiger partial charge on any atom is -0.467 e. The van der Waals surface area contributed by atoms with Crippen LogP contribution in [0, 0.1) is 0 Å². The first-order valence-corrected chi connectivity index (χ1v) is 9.32. The first-order valence-electron chi connectivity index (χ1n) is 9.32. The molecule has 0 unspecified atom stereocenters. The van der Waals surface area contributed by atoms with Gasteiger partial charge in [0, 0.05) is 6.20 Å². The number of carbonyl (C=O) groups excluding carboxylic acids is 1. The number of aromatic nitrogens is 3. The summed E-state index contributed by atoms with van der Waals surface area (Å²) in [5.74, 6) is -0.554. The number of fused-ring (bicyclic) bond motifs is 1.